The van der Waals surface area contributed by atoms with E-state index in [0.717, 1.165) is 25.7 Å². The Hall–Kier alpha value is -1.75. The van der Waals surface area contributed by atoms with Crippen molar-refractivity contribution in [2.24, 2.45) is 11.7 Å². The second-order valence-electron chi connectivity index (χ2n) is 5.93. The Balaban J connectivity index is 2.07. The van der Waals surface area contributed by atoms with Crippen molar-refractivity contribution in [2.75, 3.05) is 17.6 Å². The maximum absolute atomic E-state index is 11.4. The molecule has 1 amide bonds. The maximum atomic E-state index is 11.4. The number of rotatable bonds is 4. The van der Waals surface area contributed by atoms with Gasteiger partial charge >= 0.3 is 0 Å². The topological polar surface area (TPSA) is 101 Å². The first-order valence-electron chi connectivity index (χ1n) is 7.05. The van der Waals surface area contributed by atoms with Crippen molar-refractivity contribution in [1.29, 1.82) is 0 Å². The molecule has 5 heteroatoms. The molecule has 20 heavy (non-hydrogen) atoms. The first-order valence-corrected chi connectivity index (χ1v) is 7.05. The summed E-state index contributed by atoms with van der Waals surface area (Å²) in [5.41, 5.74) is 11.9. The van der Waals surface area contributed by atoms with Gasteiger partial charge in [-0.25, -0.2) is 0 Å². The minimum atomic E-state index is -0.716. The van der Waals surface area contributed by atoms with Crippen LogP contribution in [-0.4, -0.2) is 23.2 Å². The SMILES string of the molecule is CC1CCC(O)(CNc2cc(N)ccc2C(N)=O)CC1. The summed E-state index contributed by atoms with van der Waals surface area (Å²) < 4.78 is 0. The first kappa shape index (κ1) is 14.7. The molecule has 1 aromatic carbocycles. The zero-order valence-electron chi connectivity index (χ0n) is 11.9. The van der Waals surface area contributed by atoms with Gasteiger partial charge in [0.05, 0.1) is 11.2 Å². The second-order valence-corrected chi connectivity index (χ2v) is 5.93. The predicted molar refractivity (Wildman–Crippen MR) is 80.4 cm³/mol. The quantitative estimate of drug-likeness (QED) is 0.629. The van der Waals surface area contributed by atoms with E-state index >= 15 is 0 Å². The van der Waals surface area contributed by atoms with Crippen LogP contribution in [0.25, 0.3) is 0 Å². The number of hydrogen-bond acceptors (Lipinski definition) is 4. The van der Waals surface area contributed by atoms with Crippen LogP contribution < -0.4 is 16.8 Å². The molecular weight excluding hydrogens is 254 g/mol. The van der Waals surface area contributed by atoms with E-state index in [1.54, 1.807) is 18.2 Å². The number of nitrogens with two attached hydrogens (primary N) is 2. The molecular formula is C15H23N3O2. The molecule has 2 rings (SSSR count). The molecule has 0 saturated heterocycles. The fraction of sp³-hybridized carbons (Fsp3) is 0.533. The highest BCUT2D eigenvalue weighted by molar-refractivity contribution is 5.99. The van der Waals surface area contributed by atoms with E-state index in [2.05, 4.69) is 12.2 Å². The molecule has 6 N–H and O–H groups in total. The standard InChI is InChI=1S/C15H23N3O2/c1-10-4-6-15(20,7-5-10)9-18-13-8-11(16)2-3-12(13)14(17)19/h2-3,8,10,18,20H,4-7,9,16H2,1H3,(H2,17,19). The Kier molecular flexibility index (Phi) is 4.18. The van der Waals surface area contributed by atoms with E-state index in [1.807, 2.05) is 0 Å². The van der Waals surface area contributed by atoms with Gasteiger partial charge in [0.25, 0.3) is 5.91 Å². The van der Waals surface area contributed by atoms with Crippen LogP contribution in [0.5, 0.6) is 0 Å². The molecule has 1 aliphatic carbocycles. The lowest BCUT2D eigenvalue weighted by Gasteiger charge is -2.35. The highest BCUT2D eigenvalue weighted by atomic mass is 16.3. The number of primary amides is 1. The fourth-order valence-corrected chi connectivity index (χ4v) is 2.66. The minimum absolute atomic E-state index is 0.395. The van der Waals surface area contributed by atoms with E-state index in [4.69, 9.17) is 11.5 Å². The largest absolute Gasteiger partial charge is 0.399 e. The highest BCUT2D eigenvalue weighted by Gasteiger charge is 2.31. The molecule has 0 spiro atoms. The van der Waals surface area contributed by atoms with Crippen molar-refractivity contribution in [1.82, 2.24) is 0 Å². The minimum Gasteiger partial charge on any atom is -0.399 e. The first-order chi connectivity index (χ1) is 9.39. The summed E-state index contributed by atoms with van der Waals surface area (Å²) in [6.07, 6.45) is 3.60. The number of anilines is 2. The van der Waals surface area contributed by atoms with Crippen molar-refractivity contribution >= 4 is 17.3 Å². The molecule has 1 aromatic rings. The number of aliphatic hydroxyl groups is 1. The van der Waals surface area contributed by atoms with Crippen molar-refractivity contribution in [3.05, 3.63) is 23.8 Å². The monoisotopic (exact) mass is 277 g/mol. The van der Waals surface area contributed by atoms with Crippen LogP contribution in [-0.2, 0) is 0 Å². The fourth-order valence-electron chi connectivity index (χ4n) is 2.66. The van der Waals surface area contributed by atoms with Crippen LogP contribution in [0.2, 0.25) is 0 Å². The molecule has 0 heterocycles. The van der Waals surface area contributed by atoms with Crippen molar-refractivity contribution in [3.8, 4) is 0 Å². The lowest BCUT2D eigenvalue weighted by atomic mass is 9.79. The van der Waals surface area contributed by atoms with Gasteiger partial charge in [-0.2, -0.15) is 0 Å². The van der Waals surface area contributed by atoms with Gasteiger partial charge in [-0.15, -0.1) is 0 Å². The predicted octanol–water partition coefficient (Wildman–Crippen LogP) is 1.72. The zero-order chi connectivity index (χ0) is 14.8. The third kappa shape index (κ3) is 3.42. The van der Waals surface area contributed by atoms with Crippen LogP contribution in [0, 0.1) is 5.92 Å². The summed E-state index contributed by atoms with van der Waals surface area (Å²) >= 11 is 0. The van der Waals surface area contributed by atoms with Crippen LogP contribution in [0.15, 0.2) is 18.2 Å². The highest BCUT2D eigenvalue weighted by Crippen LogP contribution is 2.32. The smallest absolute Gasteiger partial charge is 0.250 e. The molecule has 0 aliphatic heterocycles. The van der Waals surface area contributed by atoms with Crippen molar-refractivity contribution in [2.45, 2.75) is 38.2 Å². The lowest BCUT2D eigenvalue weighted by Crippen LogP contribution is -2.40. The molecule has 0 aromatic heterocycles. The molecule has 0 atom stereocenters. The molecule has 0 unspecified atom stereocenters. The molecule has 0 radical (unpaired) electrons. The lowest BCUT2D eigenvalue weighted by molar-refractivity contribution is 0.00499. The maximum Gasteiger partial charge on any atom is 0.250 e. The second kappa shape index (κ2) is 5.71. The Labute approximate surface area is 119 Å². The third-order valence-corrected chi connectivity index (χ3v) is 4.12. The summed E-state index contributed by atoms with van der Waals surface area (Å²) in [5.74, 6) is 0.167. The van der Waals surface area contributed by atoms with Gasteiger partial charge in [-0.1, -0.05) is 6.92 Å². The molecule has 1 fully saturated rings. The molecule has 110 valence electrons. The molecule has 1 aliphatic rings. The van der Waals surface area contributed by atoms with Gasteiger partial charge in [0, 0.05) is 17.9 Å². The molecule has 1 saturated carbocycles. The van der Waals surface area contributed by atoms with E-state index < -0.39 is 11.5 Å². The summed E-state index contributed by atoms with van der Waals surface area (Å²) in [4.78, 5) is 11.4. The Morgan fingerprint density at radius 3 is 2.70 bits per heavy atom. The average Bonchev–Trinajstić information content (AvgIpc) is 2.40. The number of carbonyl (C=O) groups excluding carboxylic acids is 1. The van der Waals surface area contributed by atoms with Gasteiger partial charge < -0.3 is 21.9 Å². The van der Waals surface area contributed by atoms with Gasteiger partial charge in [-0.3, -0.25) is 4.79 Å². The zero-order valence-corrected chi connectivity index (χ0v) is 11.9. The van der Waals surface area contributed by atoms with Crippen molar-refractivity contribution < 1.29 is 9.90 Å². The van der Waals surface area contributed by atoms with Crippen LogP contribution >= 0.6 is 0 Å². The summed E-state index contributed by atoms with van der Waals surface area (Å²) in [6, 6.07) is 4.92. The van der Waals surface area contributed by atoms with E-state index in [0.29, 0.717) is 29.4 Å². The third-order valence-electron chi connectivity index (χ3n) is 4.12. The number of nitrogens with one attached hydrogen (secondary N) is 1. The normalized spacial score (nSPS) is 26.2. The summed E-state index contributed by atoms with van der Waals surface area (Å²) in [6.45, 7) is 2.61. The molecule has 5 nitrogen and oxygen atoms in total. The van der Waals surface area contributed by atoms with Crippen LogP contribution in [0.1, 0.15) is 43.0 Å². The van der Waals surface area contributed by atoms with Gasteiger partial charge in [-0.05, 0) is 49.8 Å². The van der Waals surface area contributed by atoms with E-state index in [-0.39, 0.29) is 0 Å². The Bertz CT molecular complexity index is 494. The van der Waals surface area contributed by atoms with Crippen LogP contribution in [0.3, 0.4) is 0 Å². The van der Waals surface area contributed by atoms with Gasteiger partial charge in [0.2, 0.25) is 0 Å². The van der Waals surface area contributed by atoms with Gasteiger partial charge in [0.1, 0.15) is 0 Å². The summed E-state index contributed by atoms with van der Waals surface area (Å²) in [7, 11) is 0. The van der Waals surface area contributed by atoms with E-state index in [9.17, 15) is 9.90 Å². The van der Waals surface area contributed by atoms with Crippen molar-refractivity contribution in [3.63, 3.8) is 0 Å². The number of nitrogen functional groups attached to an aromatic ring is 1. The summed E-state index contributed by atoms with van der Waals surface area (Å²) in [5, 5.41) is 13.7. The number of benzene rings is 1. The molecule has 0 bridgehead atoms. The van der Waals surface area contributed by atoms with Crippen LogP contribution in [0.4, 0.5) is 11.4 Å². The number of hydrogen-bond donors (Lipinski definition) is 4. The van der Waals surface area contributed by atoms with Gasteiger partial charge in [0.15, 0.2) is 0 Å². The average molecular weight is 277 g/mol. The Morgan fingerprint density at radius 1 is 1.45 bits per heavy atom. The number of amides is 1. The number of carbonyl (C=O) groups is 1. The van der Waals surface area contributed by atoms with E-state index in [1.165, 1.54) is 0 Å². The Morgan fingerprint density at radius 2 is 2.10 bits per heavy atom.